The van der Waals surface area contributed by atoms with Crippen LogP contribution in [0, 0.1) is 0 Å². The highest BCUT2D eigenvalue weighted by atomic mass is 31.1. The van der Waals surface area contributed by atoms with Crippen molar-refractivity contribution in [2.24, 2.45) is 0 Å². The van der Waals surface area contributed by atoms with Gasteiger partial charge in [-0.3, -0.25) is 0 Å². The van der Waals surface area contributed by atoms with Crippen molar-refractivity contribution in [3.8, 4) is 0 Å². The summed E-state index contributed by atoms with van der Waals surface area (Å²) in [6, 6.07) is 13.9. The monoisotopic (exact) mass is 271 g/mol. The normalized spacial score (nSPS) is 13.1. The summed E-state index contributed by atoms with van der Waals surface area (Å²) in [5, 5.41) is 2.83. The smallest absolute Gasteiger partial charge is 0.250 e. The minimum absolute atomic E-state index is 0.0565. The third-order valence-corrected chi connectivity index (χ3v) is 4.57. The molecule has 0 aliphatic carbocycles. The van der Waals surface area contributed by atoms with E-state index in [1.54, 1.807) is 0 Å². The molecule has 0 saturated heterocycles. The zero-order valence-electron chi connectivity index (χ0n) is 11.3. The molecule has 1 unspecified atom stereocenters. The second kappa shape index (κ2) is 4.18. The lowest BCUT2D eigenvalue weighted by Crippen LogP contribution is -2.10. The molecule has 0 bridgehead atoms. The molecule has 0 fully saturated rings. The summed E-state index contributed by atoms with van der Waals surface area (Å²) in [6.07, 6.45) is 0. The lowest BCUT2D eigenvalue weighted by Gasteiger charge is -2.18. The Bertz CT molecular complexity index is 825. The molecule has 3 aromatic rings. The van der Waals surface area contributed by atoms with Crippen molar-refractivity contribution in [2.45, 2.75) is 26.2 Å². The molecule has 1 heterocycles. The van der Waals surface area contributed by atoms with Crippen molar-refractivity contribution in [1.82, 2.24) is 0 Å². The summed E-state index contributed by atoms with van der Waals surface area (Å²) >= 11 is 0. The van der Waals surface area contributed by atoms with E-state index in [2.05, 4.69) is 32.9 Å². The Morgan fingerprint density at radius 1 is 1.00 bits per heavy atom. The minimum atomic E-state index is -1.79. The van der Waals surface area contributed by atoms with Gasteiger partial charge in [0.2, 0.25) is 5.12 Å². The van der Waals surface area contributed by atoms with E-state index in [-0.39, 0.29) is 5.41 Å². The lowest BCUT2D eigenvalue weighted by molar-refractivity contribution is 0.561. The Balaban J connectivity index is 2.44. The fourth-order valence-corrected chi connectivity index (χ4v) is 3.31. The van der Waals surface area contributed by atoms with Gasteiger partial charge in [0.15, 0.2) is 5.58 Å². The quantitative estimate of drug-likeness (QED) is 0.496. The van der Waals surface area contributed by atoms with Crippen LogP contribution in [0.4, 0.5) is 0 Å². The van der Waals surface area contributed by atoms with Crippen molar-refractivity contribution in [3.63, 3.8) is 0 Å². The Morgan fingerprint density at radius 2 is 1.74 bits per heavy atom. The number of rotatable bonds is 0. The van der Waals surface area contributed by atoms with Gasteiger partial charge in [-0.15, -0.1) is 0 Å². The highest BCUT2D eigenvalue weighted by molar-refractivity contribution is 7.37. The maximum Gasteiger partial charge on any atom is 0.597 e. The SMILES string of the molecule is CC(C)(C)c1ccc2c(c1)o[p+](=O)c1ccccc21. The predicted octanol–water partition coefficient (Wildman–Crippen LogP) is 5.63. The average Bonchev–Trinajstić information content (AvgIpc) is 2.37. The van der Waals surface area contributed by atoms with E-state index in [9.17, 15) is 4.57 Å². The van der Waals surface area contributed by atoms with E-state index in [0.717, 1.165) is 21.5 Å². The molecule has 3 rings (SSSR count). The second-order valence-corrected chi connectivity index (χ2v) is 7.01. The molecule has 0 spiro atoms. The minimum Gasteiger partial charge on any atom is -0.250 e. The third-order valence-electron chi connectivity index (χ3n) is 3.42. The molecule has 2 nitrogen and oxygen atoms in total. The molecular formula is C16H16O2P+. The molecule has 3 heteroatoms. The Morgan fingerprint density at radius 3 is 2.47 bits per heavy atom. The molecule has 1 atom stereocenters. The Kier molecular flexibility index (Phi) is 2.72. The van der Waals surface area contributed by atoms with E-state index in [4.69, 9.17) is 4.20 Å². The molecule has 0 aliphatic rings. The van der Waals surface area contributed by atoms with E-state index >= 15 is 0 Å². The summed E-state index contributed by atoms with van der Waals surface area (Å²) in [6.45, 7) is 6.47. The van der Waals surface area contributed by atoms with Crippen LogP contribution < -0.4 is 0 Å². The summed E-state index contributed by atoms with van der Waals surface area (Å²) in [5.41, 5.74) is 1.97. The van der Waals surface area contributed by atoms with E-state index < -0.39 is 7.65 Å². The zero-order chi connectivity index (χ0) is 13.6. The first-order chi connectivity index (χ1) is 8.97. The van der Waals surface area contributed by atoms with Crippen molar-refractivity contribution in [2.75, 3.05) is 0 Å². The second-order valence-electron chi connectivity index (χ2n) is 5.83. The van der Waals surface area contributed by atoms with Crippen LogP contribution in [0.25, 0.3) is 21.5 Å². The molecule has 0 saturated carbocycles. The molecule has 19 heavy (non-hydrogen) atoms. The summed E-state index contributed by atoms with van der Waals surface area (Å²) in [5.74, 6) is 0. The Hall–Kier alpha value is -1.66. The highest BCUT2D eigenvalue weighted by Gasteiger charge is 2.19. The van der Waals surface area contributed by atoms with Gasteiger partial charge in [-0.05, 0) is 39.8 Å². The van der Waals surface area contributed by atoms with Gasteiger partial charge >= 0.3 is 7.65 Å². The van der Waals surface area contributed by atoms with E-state index in [1.165, 1.54) is 5.56 Å². The highest BCUT2D eigenvalue weighted by Crippen LogP contribution is 2.36. The molecular weight excluding hydrogens is 255 g/mol. The van der Waals surface area contributed by atoms with Crippen LogP contribution >= 0.6 is 7.65 Å². The van der Waals surface area contributed by atoms with Gasteiger partial charge in [0, 0.05) is 10.8 Å². The molecule has 96 valence electrons. The molecule has 0 aliphatic heterocycles. The molecule has 0 amide bonds. The first-order valence-electron chi connectivity index (χ1n) is 6.36. The van der Waals surface area contributed by atoms with Crippen molar-refractivity contribution in [1.29, 1.82) is 0 Å². The largest absolute Gasteiger partial charge is 0.597 e. The van der Waals surface area contributed by atoms with Gasteiger partial charge in [0.05, 0.1) is 0 Å². The number of fused-ring (bicyclic) bond motifs is 3. The van der Waals surface area contributed by atoms with Crippen molar-refractivity contribution < 1.29 is 8.76 Å². The number of benzene rings is 2. The van der Waals surface area contributed by atoms with Gasteiger partial charge in [0.25, 0.3) is 0 Å². The summed E-state index contributed by atoms with van der Waals surface area (Å²) < 4.78 is 17.7. The molecule has 0 radical (unpaired) electrons. The van der Waals surface area contributed by atoms with Gasteiger partial charge < -0.3 is 0 Å². The van der Waals surface area contributed by atoms with Crippen LogP contribution in [0.5, 0.6) is 0 Å². The van der Waals surface area contributed by atoms with E-state index in [1.807, 2.05) is 30.3 Å². The topological polar surface area (TPSA) is 30.2 Å². The van der Waals surface area contributed by atoms with Crippen LogP contribution in [-0.2, 0) is 9.98 Å². The van der Waals surface area contributed by atoms with Crippen LogP contribution in [0.3, 0.4) is 0 Å². The third kappa shape index (κ3) is 2.06. The van der Waals surface area contributed by atoms with Crippen molar-refractivity contribution >= 4 is 29.1 Å². The van der Waals surface area contributed by atoms with Crippen LogP contribution in [0.2, 0.25) is 0 Å². The number of hydrogen-bond acceptors (Lipinski definition) is 2. The first-order valence-corrected chi connectivity index (χ1v) is 7.54. The molecule has 1 aromatic heterocycles. The van der Waals surface area contributed by atoms with Crippen molar-refractivity contribution in [3.05, 3.63) is 48.0 Å². The van der Waals surface area contributed by atoms with Gasteiger partial charge in [-0.2, -0.15) is 0 Å². The maximum atomic E-state index is 12.1. The standard InChI is InChI=1S/C16H16O2P/c1-16(2,3)11-8-9-12-13-6-4-5-7-15(13)19(17)18-14(12)10-11/h4-10H,1-3H3/q+1. The Labute approximate surface area is 112 Å². The molecule has 2 aromatic carbocycles. The summed E-state index contributed by atoms with van der Waals surface area (Å²) in [7, 11) is -1.79. The fraction of sp³-hybridized carbons (Fsp3) is 0.250. The zero-order valence-corrected chi connectivity index (χ0v) is 12.2. The lowest BCUT2D eigenvalue weighted by atomic mass is 9.86. The van der Waals surface area contributed by atoms with Crippen LogP contribution in [0.1, 0.15) is 26.3 Å². The first kappa shape index (κ1) is 12.4. The van der Waals surface area contributed by atoms with Crippen LogP contribution in [0.15, 0.2) is 46.7 Å². The van der Waals surface area contributed by atoms with Crippen LogP contribution in [-0.4, -0.2) is 0 Å². The number of hydrogen-bond donors (Lipinski definition) is 0. The predicted molar refractivity (Wildman–Crippen MR) is 80.0 cm³/mol. The maximum absolute atomic E-state index is 12.1. The molecule has 0 N–H and O–H groups in total. The van der Waals surface area contributed by atoms with Gasteiger partial charge in [-0.25, -0.2) is 4.20 Å². The van der Waals surface area contributed by atoms with Gasteiger partial charge in [0.1, 0.15) is 0 Å². The fourth-order valence-electron chi connectivity index (χ4n) is 2.29. The van der Waals surface area contributed by atoms with Gasteiger partial charge in [-0.1, -0.05) is 39.0 Å². The average molecular weight is 271 g/mol. The summed E-state index contributed by atoms with van der Waals surface area (Å²) in [4.78, 5) is 0. The van der Waals surface area contributed by atoms with E-state index in [0.29, 0.717) is 0 Å².